The molecule has 2 aromatic rings. The van der Waals surface area contributed by atoms with Crippen LogP contribution in [-0.4, -0.2) is 42.4 Å². The van der Waals surface area contributed by atoms with Gasteiger partial charge >= 0.3 is 5.97 Å². The van der Waals surface area contributed by atoms with Gasteiger partial charge in [0.15, 0.2) is 5.69 Å². The van der Waals surface area contributed by atoms with Crippen LogP contribution in [0.3, 0.4) is 0 Å². The highest BCUT2D eigenvalue weighted by Crippen LogP contribution is 2.02. The maximum atomic E-state index is 10.7. The normalized spacial score (nSPS) is 10.3. The Bertz CT molecular complexity index is 553. The van der Waals surface area contributed by atoms with Gasteiger partial charge in [0.1, 0.15) is 18.0 Å². The first kappa shape index (κ1) is 12.0. The maximum absolute atomic E-state index is 10.7. The molecule has 2 rings (SSSR count). The van der Waals surface area contributed by atoms with Gasteiger partial charge in [-0.3, -0.25) is 4.98 Å². The van der Waals surface area contributed by atoms with Crippen molar-refractivity contribution in [3.8, 4) is 0 Å². The molecule has 94 valence electrons. The second kappa shape index (κ2) is 5.21. The summed E-state index contributed by atoms with van der Waals surface area (Å²) in [6.07, 6.45) is 4.97. The first-order valence-electron chi connectivity index (χ1n) is 5.29. The van der Waals surface area contributed by atoms with Crippen molar-refractivity contribution < 1.29 is 9.90 Å². The topological polar surface area (TPSA) is 106 Å². The molecule has 0 saturated carbocycles. The number of rotatable bonds is 5. The summed E-state index contributed by atoms with van der Waals surface area (Å²) in [7, 11) is 1.86. The summed E-state index contributed by atoms with van der Waals surface area (Å²) in [5.41, 5.74) is -0.0846. The van der Waals surface area contributed by atoms with E-state index < -0.39 is 5.97 Å². The number of aromatic carboxylic acids is 1. The van der Waals surface area contributed by atoms with Crippen LogP contribution in [0.25, 0.3) is 0 Å². The molecule has 0 amide bonds. The molecule has 0 aromatic carbocycles. The summed E-state index contributed by atoms with van der Waals surface area (Å²) in [6.45, 7) is 0.574. The second-order valence-corrected chi connectivity index (χ2v) is 3.63. The summed E-state index contributed by atoms with van der Waals surface area (Å²) in [5, 5.41) is 19.5. The van der Waals surface area contributed by atoms with Gasteiger partial charge in [-0.1, -0.05) is 0 Å². The van der Waals surface area contributed by atoms with E-state index in [4.69, 9.17) is 5.11 Å². The molecule has 2 heterocycles. The molecule has 0 unspecified atom stereocenters. The summed E-state index contributed by atoms with van der Waals surface area (Å²) >= 11 is 0. The Morgan fingerprint density at radius 2 is 2.33 bits per heavy atom. The van der Waals surface area contributed by atoms with E-state index in [1.807, 2.05) is 11.6 Å². The smallest absolute Gasteiger partial charge is 0.356 e. The fraction of sp³-hybridized carbons (Fsp3) is 0.300. The van der Waals surface area contributed by atoms with Crippen molar-refractivity contribution >= 4 is 11.8 Å². The third kappa shape index (κ3) is 2.78. The lowest BCUT2D eigenvalue weighted by atomic mass is 10.4. The minimum atomic E-state index is -1.10. The number of aryl methyl sites for hydroxylation is 1. The van der Waals surface area contributed by atoms with Crippen molar-refractivity contribution in [2.45, 2.75) is 6.42 Å². The SMILES string of the molecule is Cn1cnnc1CCNc1cncc(C(=O)O)n1. The maximum Gasteiger partial charge on any atom is 0.356 e. The van der Waals surface area contributed by atoms with Crippen LogP contribution in [-0.2, 0) is 13.5 Å². The molecule has 0 fully saturated rings. The van der Waals surface area contributed by atoms with Crippen LogP contribution in [0.4, 0.5) is 5.82 Å². The van der Waals surface area contributed by atoms with Gasteiger partial charge in [-0.25, -0.2) is 9.78 Å². The molecule has 0 radical (unpaired) electrons. The number of aromatic nitrogens is 5. The zero-order valence-electron chi connectivity index (χ0n) is 9.74. The Morgan fingerprint density at radius 3 is 3.00 bits per heavy atom. The molecule has 0 aliphatic heterocycles. The quantitative estimate of drug-likeness (QED) is 0.764. The minimum absolute atomic E-state index is 0.0846. The zero-order chi connectivity index (χ0) is 13.0. The number of carboxylic acid groups (broad SMARTS) is 1. The molecule has 2 N–H and O–H groups in total. The lowest BCUT2D eigenvalue weighted by Gasteiger charge is -2.05. The van der Waals surface area contributed by atoms with E-state index in [2.05, 4.69) is 25.5 Å². The van der Waals surface area contributed by atoms with Gasteiger partial charge < -0.3 is 15.0 Å². The largest absolute Gasteiger partial charge is 0.476 e. The van der Waals surface area contributed by atoms with Crippen molar-refractivity contribution in [1.82, 2.24) is 24.7 Å². The third-order valence-electron chi connectivity index (χ3n) is 2.31. The first-order chi connectivity index (χ1) is 8.66. The number of hydrogen-bond acceptors (Lipinski definition) is 6. The van der Waals surface area contributed by atoms with Crippen molar-refractivity contribution in [2.75, 3.05) is 11.9 Å². The van der Waals surface area contributed by atoms with E-state index in [-0.39, 0.29) is 5.69 Å². The van der Waals surface area contributed by atoms with Crippen LogP contribution in [0, 0.1) is 0 Å². The Labute approximate surface area is 103 Å². The average Bonchev–Trinajstić information content (AvgIpc) is 2.76. The van der Waals surface area contributed by atoms with E-state index in [0.717, 1.165) is 5.82 Å². The third-order valence-corrected chi connectivity index (χ3v) is 2.31. The lowest BCUT2D eigenvalue weighted by molar-refractivity contribution is 0.0690. The summed E-state index contributed by atoms with van der Waals surface area (Å²) in [6, 6.07) is 0. The number of hydrogen-bond donors (Lipinski definition) is 2. The van der Waals surface area contributed by atoms with Gasteiger partial charge in [0.25, 0.3) is 0 Å². The van der Waals surface area contributed by atoms with E-state index in [1.54, 1.807) is 6.33 Å². The van der Waals surface area contributed by atoms with Crippen LogP contribution >= 0.6 is 0 Å². The molecular formula is C10H12N6O2. The Balaban J connectivity index is 1.92. The zero-order valence-corrected chi connectivity index (χ0v) is 9.74. The number of carboxylic acids is 1. The van der Waals surface area contributed by atoms with E-state index in [9.17, 15) is 4.79 Å². The van der Waals surface area contributed by atoms with Crippen molar-refractivity contribution in [3.63, 3.8) is 0 Å². The van der Waals surface area contributed by atoms with Gasteiger partial charge in [0, 0.05) is 20.0 Å². The molecule has 0 spiro atoms. The van der Waals surface area contributed by atoms with Crippen molar-refractivity contribution in [3.05, 3.63) is 30.2 Å². The fourth-order valence-electron chi connectivity index (χ4n) is 1.39. The Kier molecular flexibility index (Phi) is 3.46. The van der Waals surface area contributed by atoms with E-state index >= 15 is 0 Å². The molecule has 8 heteroatoms. The fourth-order valence-corrected chi connectivity index (χ4v) is 1.39. The molecule has 2 aromatic heterocycles. The van der Waals surface area contributed by atoms with E-state index in [1.165, 1.54) is 12.4 Å². The number of nitrogens with zero attached hydrogens (tertiary/aromatic N) is 5. The van der Waals surface area contributed by atoms with Crippen LogP contribution in [0.15, 0.2) is 18.7 Å². The lowest BCUT2D eigenvalue weighted by Crippen LogP contribution is -2.11. The molecule has 0 bridgehead atoms. The Hall–Kier alpha value is -2.51. The van der Waals surface area contributed by atoms with Crippen LogP contribution in [0.1, 0.15) is 16.3 Å². The second-order valence-electron chi connectivity index (χ2n) is 3.63. The standard InChI is InChI=1S/C10H12N6O2/c1-16-6-13-15-9(16)2-3-12-8-5-11-4-7(14-8)10(17)18/h4-6H,2-3H2,1H3,(H,12,14)(H,17,18). The highest BCUT2D eigenvalue weighted by Gasteiger charge is 2.06. The number of anilines is 1. The highest BCUT2D eigenvalue weighted by atomic mass is 16.4. The summed E-state index contributed by atoms with van der Waals surface area (Å²) in [5.74, 6) is 0.168. The molecule has 18 heavy (non-hydrogen) atoms. The van der Waals surface area contributed by atoms with Gasteiger partial charge in [-0.2, -0.15) is 0 Å². The number of carbonyl (C=O) groups is 1. The number of nitrogens with one attached hydrogen (secondary N) is 1. The van der Waals surface area contributed by atoms with Gasteiger partial charge in [-0.15, -0.1) is 10.2 Å². The Morgan fingerprint density at radius 1 is 1.50 bits per heavy atom. The van der Waals surface area contributed by atoms with Crippen LogP contribution in [0.2, 0.25) is 0 Å². The van der Waals surface area contributed by atoms with Gasteiger partial charge in [0.2, 0.25) is 0 Å². The summed E-state index contributed by atoms with van der Waals surface area (Å²) < 4.78 is 1.82. The molecule has 0 atom stereocenters. The first-order valence-corrected chi connectivity index (χ1v) is 5.29. The van der Waals surface area contributed by atoms with Crippen molar-refractivity contribution in [2.24, 2.45) is 7.05 Å². The predicted molar refractivity (Wildman–Crippen MR) is 62.2 cm³/mol. The monoisotopic (exact) mass is 248 g/mol. The molecule has 8 nitrogen and oxygen atoms in total. The van der Waals surface area contributed by atoms with E-state index in [0.29, 0.717) is 18.8 Å². The van der Waals surface area contributed by atoms with Crippen molar-refractivity contribution in [1.29, 1.82) is 0 Å². The molecular weight excluding hydrogens is 236 g/mol. The summed E-state index contributed by atoms with van der Waals surface area (Å²) in [4.78, 5) is 18.4. The van der Waals surface area contributed by atoms with Gasteiger partial charge in [-0.05, 0) is 0 Å². The minimum Gasteiger partial charge on any atom is -0.476 e. The molecule has 0 aliphatic rings. The van der Waals surface area contributed by atoms with Crippen LogP contribution < -0.4 is 5.32 Å². The predicted octanol–water partition coefficient (Wildman–Crippen LogP) is -0.0421. The average molecular weight is 248 g/mol. The van der Waals surface area contributed by atoms with Gasteiger partial charge in [0.05, 0.1) is 12.4 Å². The highest BCUT2D eigenvalue weighted by molar-refractivity contribution is 5.85. The molecule has 0 saturated heterocycles. The molecule has 0 aliphatic carbocycles. The van der Waals surface area contributed by atoms with Crippen LogP contribution in [0.5, 0.6) is 0 Å².